The number of rotatable bonds is 2. The van der Waals surface area contributed by atoms with E-state index in [1.165, 1.54) is 29.9 Å². The van der Waals surface area contributed by atoms with Crippen LogP contribution in [0.5, 0.6) is 0 Å². The SMILES string of the molecule is c1ccc2c(c1)CCC(=NCC1CCNCC1)N2. The molecular weight excluding hydrogens is 222 g/mol. The Labute approximate surface area is 109 Å². The minimum atomic E-state index is 0.776. The number of fused-ring (bicyclic) bond motifs is 1. The highest BCUT2D eigenvalue weighted by molar-refractivity contribution is 5.98. The molecule has 3 rings (SSSR count). The van der Waals surface area contributed by atoms with Crippen LogP contribution in [-0.2, 0) is 6.42 Å². The fourth-order valence-corrected chi connectivity index (χ4v) is 2.75. The van der Waals surface area contributed by atoms with Gasteiger partial charge < -0.3 is 10.6 Å². The maximum Gasteiger partial charge on any atom is 0.101 e. The van der Waals surface area contributed by atoms with E-state index in [1.54, 1.807) is 0 Å². The molecule has 0 amide bonds. The molecule has 0 spiro atoms. The molecule has 2 N–H and O–H groups in total. The average Bonchev–Trinajstić information content (AvgIpc) is 2.46. The van der Waals surface area contributed by atoms with Crippen molar-refractivity contribution in [3.63, 3.8) is 0 Å². The fraction of sp³-hybridized carbons (Fsp3) is 0.533. The minimum Gasteiger partial charge on any atom is -0.344 e. The minimum absolute atomic E-state index is 0.776. The van der Waals surface area contributed by atoms with E-state index in [0.29, 0.717) is 0 Å². The number of anilines is 1. The number of aliphatic imine (C=N–C) groups is 1. The lowest BCUT2D eigenvalue weighted by Gasteiger charge is -2.23. The van der Waals surface area contributed by atoms with Crippen LogP contribution >= 0.6 is 0 Å². The summed E-state index contributed by atoms with van der Waals surface area (Å²) in [7, 11) is 0. The van der Waals surface area contributed by atoms with Gasteiger partial charge in [-0.2, -0.15) is 0 Å². The Morgan fingerprint density at radius 1 is 1.11 bits per heavy atom. The van der Waals surface area contributed by atoms with Gasteiger partial charge in [-0.05, 0) is 49.9 Å². The predicted octanol–water partition coefficient (Wildman–Crippen LogP) is 2.44. The molecule has 0 atom stereocenters. The number of amidine groups is 1. The van der Waals surface area contributed by atoms with E-state index in [0.717, 1.165) is 38.4 Å². The van der Waals surface area contributed by atoms with Gasteiger partial charge in [0.05, 0.1) is 0 Å². The van der Waals surface area contributed by atoms with Gasteiger partial charge in [0, 0.05) is 18.7 Å². The number of para-hydroxylation sites is 1. The largest absolute Gasteiger partial charge is 0.344 e. The quantitative estimate of drug-likeness (QED) is 0.837. The normalized spacial score (nSPS) is 22.6. The summed E-state index contributed by atoms with van der Waals surface area (Å²) in [4.78, 5) is 4.78. The Morgan fingerprint density at radius 3 is 2.83 bits per heavy atom. The molecule has 18 heavy (non-hydrogen) atoms. The van der Waals surface area contributed by atoms with Gasteiger partial charge in [-0.15, -0.1) is 0 Å². The average molecular weight is 243 g/mol. The molecule has 3 heteroatoms. The van der Waals surface area contributed by atoms with Crippen molar-refractivity contribution in [2.24, 2.45) is 10.9 Å². The zero-order valence-electron chi connectivity index (χ0n) is 10.8. The molecule has 0 aromatic heterocycles. The lowest BCUT2D eigenvalue weighted by atomic mass is 9.98. The van der Waals surface area contributed by atoms with Crippen LogP contribution in [0, 0.1) is 5.92 Å². The Kier molecular flexibility index (Phi) is 3.60. The van der Waals surface area contributed by atoms with Gasteiger partial charge in [-0.3, -0.25) is 4.99 Å². The zero-order valence-corrected chi connectivity index (χ0v) is 10.8. The Bertz CT molecular complexity index is 433. The first-order chi connectivity index (χ1) is 8.92. The van der Waals surface area contributed by atoms with Crippen LogP contribution in [0.25, 0.3) is 0 Å². The van der Waals surface area contributed by atoms with Crippen molar-refractivity contribution in [3.8, 4) is 0 Å². The number of piperidine rings is 1. The molecule has 96 valence electrons. The monoisotopic (exact) mass is 243 g/mol. The number of benzene rings is 1. The van der Waals surface area contributed by atoms with Crippen LogP contribution in [0.15, 0.2) is 29.3 Å². The summed E-state index contributed by atoms with van der Waals surface area (Å²) in [5, 5.41) is 6.87. The van der Waals surface area contributed by atoms with Crippen molar-refractivity contribution < 1.29 is 0 Å². The van der Waals surface area contributed by atoms with Gasteiger partial charge in [0.1, 0.15) is 5.84 Å². The van der Waals surface area contributed by atoms with E-state index in [9.17, 15) is 0 Å². The molecule has 2 aliphatic rings. The molecule has 0 aliphatic carbocycles. The van der Waals surface area contributed by atoms with Crippen LogP contribution in [0.3, 0.4) is 0 Å². The third-order valence-electron chi connectivity index (χ3n) is 3.93. The number of aryl methyl sites for hydroxylation is 1. The third kappa shape index (κ3) is 2.72. The first-order valence-electron chi connectivity index (χ1n) is 7.01. The highest BCUT2D eigenvalue weighted by atomic mass is 15.0. The number of nitrogens with one attached hydrogen (secondary N) is 2. The van der Waals surface area contributed by atoms with Gasteiger partial charge in [0.2, 0.25) is 0 Å². The molecule has 1 aromatic rings. The first kappa shape index (κ1) is 11.7. The molecule has 0 saturated carbocycles. The molecular formula is C15H21N3. The number of hydrogen-bond donors (Lipinski definition) is 2. The third-order valence-corrected chi connectivity index (χ3v) is 3.93. The van der Waals surface area contributed by atoms with Crippen molar-refractivity contribution in [1.29, 1.82) is 0 Å². The zero-order chi connectivity index (χ0) is 12.2. The van der Waals surface area contributed by atoms with Crippen molar-refractivity contribution in [2.45, 2.75) is 25.7 Å². The molecule has 1 saturated heterocycles. The van der Waals surface area contributed by atoms with Crippen molar-refractivity contribution in [1.82, 2.24) is 5.32 Å². The molecule has 1 fully saturated rings. The van der Waals surface area contributed by atoms with Crippen LogP contribution in [0.4, 0.5) is 5.69 Å². The van der Waals surface area contributed by atoms with Gasteiger partial charge in [0.25, 0.3) is 0 Å². The maximum absolute atomic E-state index is 4.78. The summed E-state index contributed by atoms with van der Waals surface area (Å²) in [6, 6.07) is 8.54. The Balaban J connectivity index is 1.61. The van der Waals surface area contributed by atoms with E-state index in [2.05, 4.69) is 34.9 Å². The lowest BCUT2D eigenvalue weighted by molar-refractivity contribution is 0.383. The maximum atomic E-state index is 4.78. The van der Waals surface area contributed by atoms with Crippen LogP contribution in [-0.4, -0.2) is 25.5 Å². The van der Waals surface area contributed by atoms with Crippen LogP contribution in [0.1, 0.15) is 24.8 Å². The second kappa shape index (κ2) is 5.53. The fourth-order valence-electron chi connectivity index (χ4n) is 2.75. The molecule has 2 heterocycles. The van der Waals surface area contributed by atoms with E-state index in [4.69, 9.17) is 4.99 Å². The highest BCUT2D eigenvalue weighted by Gasteiger charge is 2.15. The van der Waals surface area contributed by atoms with E-state index in [-0.39, 0.29) is 0 Å². The van der Waals surface area contributed by atoms with E-state index in [1.807, 2.05) is 0 Å². The number of nitrogens with zero attached hydrogens (tertiary/aromatic N) is 1. The molecule has 3 nitrogen and oxygen atoms in total. The summed E-state index contributed by atoms with van der Waals surface area (Å²) >= 11 is 0. The summed E-state index contributed by atoms with van der Waals surface area (Å²) < 4.78 is 0. The van der Waals surface area contributed by atoms with Crippen molar-refractivity contribution >= 4 is 11.5 Å². The van der Waals surface area contributed by atoms with Gasteiger partial charge >= 0.3 is 0 Å². The van der Waals surface area contributed by atoms with Crippen molar-refractivity contribution in [3.05, 3.63) is 29.8 Å². The standard InChI is InChI=1S/C15H21N3/c1-2-4-14-13(3-1)5-6-15(18-14)17-11-12-7-9-16-10-8-12/h1-4,12,16H,5-11H2,(H,17,18). The topological polar surface area (TPSA) is 36.4 Å². The molecule has 1 aromatic carbocycles. The summed E-state index contributed by atoms with van der Waals surface area (Å²) in [5.74, 6) is 1.95. The van der Waals surface area contributed by atoms with E-state index < -0.39 is 0 Å². The van der Waals surface area contributed by atoms with Crippen molar-refractivity contribution in [2.75, 3.05) is 25.0 Å². The van der Waals surface area contributed by atoms with Gasteiger partial charge in [0.15, 0.2) is 0 Å². The predicted molar refractivity (Wildman–Crippen MR) is 76.3 cm³/mol. The highest BCUT2D eigenvalue weighted by Crippen LogP contribution is 2.22. The van der Waals surface area contributed by atoms with E-state index >= 15 is 0 Å². The summed E-state index contributed by atoms with van der Waals surface area (Å²) in [6.07, 6.45) is 4.72. The van der Waals surface area contributed by atoms with Crippen LogP contribution in [0.2, 0.25) is 0 Å². The van der Waals surface area contributed by atoms with Gasteiger partial charge in [-0.25, -0.2) is 0 Å². The molecule has 0 radical (unpaired) electrons. The first-order valence-corrected chi connectivity index (χ1v) is 7.01. The summed E-state index contributed by atoms with van der Waals surface area (Å²) in [5.41, 5.74) is 2.66. The molecule has 2 aliphatic heterocycles. The molecule has 0 bridgehead atoms. The van der Waals surface area contributed by atoms with Gasteiger partial charge in [-0.1, -0.05) is 18.2 Å². The Hall–Kier alpha value is -1.35. The smallest absolute Gasteiger partial charge is 0.101 e. The summed E-state index contributed by atoms with van der Waals surface area (Å²) in [6.45, 7) is 3.31. The number of hydrogen-bond acceptors (Lipinski definition) is 2. The second-order valence-electron chi connectivity index (χ2n) is 5.26. The second-order valence-corrected chi connectivity index (χ2v) is 5.26. The molecule has 0 unspecified atom stereocenters. The lowest BCUT2D eigenvalue weighted by Crippen LogP contribution is -2.29. The van der Waals surface area contributed by atoms with Crippen LogP contribution < -0.4 is 10.6 Å². The Morgan fingerprint density at radius 2 is 1.94 bits per heavy atom.